The molecule has 1 aliphatic carbocycles. The Kier molecular flexibility index (Phi) is 6.94. The van der Waals surface area contributed by atoms with E-state index in [1.54, 1.807) is 0 Å². The van der Waals surface area contributed by atoms with Crippen LogP contribution in [0.15, 0.2) is 48.5 Å². The minimum absolute atomic E-state index is 0.159. The highest BCUT2D eigenvalue weighted by atomic mass is 35.5. The lowest BCUT2D eigenvalue weighted by Gasteiger charge is -2.12. The minimum atomic E-state index is -1.55. The molecule has 0 heterocycles. The Balaban J connectivity index is 1.55. The van der Waals surface area contributed by atoms with Crippen molar-refractivity contribution in [1.82, 2.24) is 0 Å². The third-order valence-electron chi connectivity index (χ3n) is 5.36. The van der Waals surface area contributed by atoms with Crippen LogP contribution in [0, 0.1) is 29.2 Å². The maximum atomic E-state index is 14.4. The normalized spacial score (nSPS) is 18.2. The zero-order chi connectivity index (χ0) is 25.7. The second-order valence-electron chi connectivity index (χ2n) is 7.69. The van der Waals surface area contributed by atoms with E-state index in [-0.39, 0.29) is 16.4 Å². The summed E-state index contributed by atoms with van der Waals surface area (Å²) >= 11 is 24.2. The molecule has 0 saturated heterocycles. The van der Waals surface area contributed by atoms with Gasteiger partial charge in [0.1, 0.15) is 27.6 Å². The number of anilines is 2. The van der Waals surface area contributed by atoms with Gasteiger partial charge in [0.2, 0.25) is 5.91 Å². The van der Waals surface area contributed by atoms with E-state index in [1.807, 2.05) is 0 Å². The van der Waals surface area contributed by atoms with Crippen molar-refractivity contribution < 1.29 is 27.2 Å². The highest BCUT2D eigenvalue weighted by Gasteiger charge is 2.67. The average molecular weight is 566 g/mol. The molecule has 2 N–H and O–H groups in total. The van der Waals surface area contributed by atoms with E-state index in [2.05, 4.69) is 10.6 Å². The molecule has 2 amide bonds. The van der Waals surface area contributed by atoms with E-state index in [9.17, 15) is 27.2 Å². The first-order valence-electron chi connectivity index (χ1n) is 9.79. The lowest BCUT2D eigenvalue weighted by Crippen LogP contribution is -2.19. The van der Waals surface area contributed by atoms with Crippen LogP contribution >= 0.6 is 46.4 Å². The number of nitrogens with one attached hydrogen (secondary N) is 2. The number of carbonyl (C=O) groups is 2. The number of amides is 2. The van der Waals surface area contributed by atoms with Gasteiger partial charge in [-0.15, -0.1) is 23.2 Å². The molecule has 0 radical (unpaired) electrons. The summed E-state index contributed by atoms with van der Waals surface area (Å²) < 4.78 is 53.3. The lowest BCUT2D eigenvalue weighted by atomic mass is 10.1. The van der Waals surface area contributed by atoms with Gasteiger partial charge in [-0.25, -0.2) is 17.6 Å². The van der Waals surface area contributed by atoms with Gasteiger partial charge < -0.3 is 10.6 Å². The third-order valence-corrected chi connectivity index (χ3v) is 6.97. The molecular weight excluding hydrogens is 554 g/mol. The molecule has 0 spiro atoms. The van der Waals surface area contributed by atoms with Crippen LogP contribution in [-0.2, 0) is 4.79 Å². The summed E-state index contributed by atoms with van der Waals surface area (Å²) in [7, 11) is 0. The summed E-state index contributed by atoms with van der Waals surface area (Å²) in [4.78, 5) is 25.4. The summed E-state index contributed by atoms with van der Waals surface area (Å²) in [6.45, 7) is 0. The molecule has 1 fully saturated rings. The molecule has 0 aromatic heterocycles. The number of hydrogen-bond acceptors (Lipinski definition) is 2. The number of hydrogen-bond donors (Lipinski definition) is 2. The van der Waals surface area contributed by atoms with Crippen molar-refractivity contribution in [2.75, 3.05) is 10.6 Å². The molecule has 2 unspecified atom stereocenters. The van der Waals surface area contributed by atoms with Gasteiger partial charge in [0.25, 0.3) is 5.91 Å². The Labute approximate surface area is 216 Å². The van der Waals surface area contributed by atoms with Crippen LogP contribution in [0.25, 0.3) is 0 Å². The fourth-order valence-electron chi connectivity index (χ4n) is 3.60. The fraction of sp³-hybridized carbons (Fsp3) is 0.130. The molecule has 2 atom stereocenters. The van der Waals surface area contributed by atoms with Crippen molar-refractivity contribution in [2.45, 2.75) is 10.3 Å². The Morgan fingerprint density at radius 1 is 0.829 bits per heavy atom. The molecule has 0 bridgehead atoms. The predicted octanol–water partition coefficient (Wildman–Crippen LogP) is 7.33. The molecule has 1 aliphatic rings. The standard InChI is InChI=1S/C23H12Cl4F4N2O2/c24-13-5-9(1-3-14(13)29)18-19(23(18,26)27)22(35)32-11-7-12(20(25)16(31)8-11)21(34)33-17-4-2-10(28)6-15(17)30/h1-8,18-19H,(H,32,35)(H,33,34). The lowest BCUT2D eigenvalue weighted by molar-refractivity contribution is -0.117. The zero-order valence-corrected chi connectivity index (χ0v) is 20.1. The smallest absolute Gasteiger partial charge is 0.257 e. The molecule has 3 aromatic rings. The summed E-state index contributed by atoms with van der Waals surface area (Å²) in [6, 6.07) is 8.18. The quantitative estimate of drug-likeness (QED) is 0.251. The Morgan fingerprint density at radius 2 is 1.54 bits per heavy atom. The van der Waals surface area contributed by atoms with Gasteiger partial charge in [0.15, 0.2) is 0 Å². The van der Waals surface area contributed by atoms with Crippen LogP contribution in [0.5, 0.6) is 0 Å². The molecule has 35 heavy (non-hydrogen) atoms. The first-order chi connectivity index (χ1) is 16.4. The van der Waals surface area contributed by atoms with Crippen LogP contribution in [0.4, 0.5) is 28.9 Å². The minimum Gasteiger partial charge on any atom is -0.326 e. The molecule has 182 valence electrons. The largest absolute Gasteiger partial charge is 0.326 e. The van der Waals surface area contributed by atoms with Crippen molar-refractivity contribution in [3.63, 3.8) is 0 Å². The molecule has 3 aromatic carbocycles. The van der Waals surface area contributed by atoms with Gasteiger partial charge in [-0.05, 0) is 42.0 Å². The number of halogens is 8. The summed E-state index contributed by atoms with van der Waals surface area (Å²) in [5, 5.41) is 3.81. The maximum absolute atomic E-state index is 14.4. The third kappa shape index (κ3) is 5.07. The molecule has 0 aliphatic heterocycles. The summed E-state index contributed by atoms with van der Waals surface area (Å²) in [5.41, 5.74) is -0.527. The van der Waals surface area contributed by atoms with Gasteiger partial charge in [-0.2, -0.15) is 0 Å². The van der Waals surface area contributed by atoms with E-state index >= 15 is 0 Å². The Bertz CT molecular complexity index is 1370. The van der Waals surface area contributed by atoms with Crippen LogP contribution in [0.1, 0.15) is 21.8 Å². The van der Waals surface area contributed by atoms with Gasteiger partial charge >= 0.3 is 0 Å². The number of benzene rings is 3. The second-order valence-corrected chi connectivity index (χ2v) is 9.92. The highest BCUT2D eigenvalue weighted by molar-refractivity contribution is 6.53. The van der Waals surface area contributed by atoms with Crippen molar-refractivity contribution in [3.8, 4) is 0 Å². The first-order valence-corrected chi connectivity index (χ1v) is 11.3. The fourth-order valence-corrected chi connectivity index (χ4v) is 4.81. The molecule has 1 saturated carbocycles. The van der Waals surface area contributed by atoms with Gasteiger partial charge in [0.05, 0.1) is 27.2 Å². The van der Waals surface area contributed by atoms with Gasteiger partial charge in [0, 0.05) is 17.7 Å². The molecule has 4 rings (SSSR count). The van der Waals surface area contributed by atoms with Gasteiger partial charge in [-0.3, -0.25) is 9.59 Å². The van der Waals surface area contributed by atoms with Gasteiger partial charge in [-0.1, -0.05) is 29.3 Å². The Hall–Kier alpha value is -2.52. The maximum Gasteiger partial charge on any atom is 0.257 e. The van der Waals surface area contributed by atoms with Crippen molar-refractivity contribution in [3.05, 3.63) is 93.0 Å². The van der Waals surface area contributed by atoms with Crippen LogP contribution < -0.4 is 10.6 Å². The van der Waals surface area contributed by atoms with Crippen molar-refractivity contribution in [2.24, 2.45) is 5.92 Å². The monoisotopic (exact) mass is 564 g/mol. The number of rotatable bonds is 5. The van der Waals surface area contributed by atoms with Crippen LogP contribution in [0.2, 0.25) is 10.0 Å². The van der Waals surface area contributed by atoms with Crippen LogP contribution in [-0.4, -0.2) is 16.1 Å². The average Bonchev–Trinajstić information content (AvgIpc) is 3.36. The summed E-state index contributed by atoms with van der Waals surface area (Å²) in [5.74, 6) is -7.07. The SMILES string of the molecule is O=C(Nc1ccc(F)cc1F)c1cc(NC(=O)C2C(c3ccc(F)c(Cl)c3)C2(Cl)Cl)cc(F)c1Cl. The van der Waals surface area contributed by atoms with E-state index < -0.39 is 61.8 Å². The van der Waals surface area contributed by atoms with E-state index in [0.717, 1.165) is 30.3 Å². The highest BCUT2D eigenvalue weighted by Crippen LogP contribution is 2.65. The molecule has 12 heteroatoms. The first kappa shape index (κ1) is 25.6. The number of alkyl halides is 2. The zero-order valence-electron chi connectivity index (χ0n) is 17.1. The van der Waals surface area contributed by atoms with Crippen LogP contribution in [0.3, 0.4) is 0 Å². The number of carbonyl (C=O) groups excluding carboxylic acids is 2. The predicted molar refractivity (Wildman–Crippen MR) is 126 cm³/mol. The topological polar surface area (TPSA) is 58.2 Å². The van der Waals surface area contributed by atoms with E-state index in [1.165, 1.54) is 12.1 Å². The summed E-state index contributed by atoms with van der Waals surface area (Å²) in [6.07, 6.45) is 0. The van der Waals surface area contributed by atoms with E-state index in [0.29, 0.717) is 11.6 Å². The van der Waals surface area contributed by atoms with Crippen molar-refractivity contribution >= 4 is 69.6 Å². The molecule has 4 nitrogen and oxygen atoms in total. The molecular formula is C23H12Cl4F4N2O2. The van der Waals surface area contributed by atoms with Crippen molar-refractivity contribution in [1.29, 1.82) is 0 Å². The second kappa shape index (κ2) is 9.50. The Morgan fingerprint density at radius 3 is 2.20 bits per heavy atom. The van der Waals surface area contributed by atoms with E-state index in [4.69, 9.17) is 46.4 Å².